The van der Waals surface area contributed by atoms with E-state index in [0.29, 0.717) is 11.4 Å². The topological polar surface area (TPSA) is 67.2 Å². The Kier molecular flexibility index (Phi) is 3.71. The monoisotopic (exact) mass is 255 g/mol. The fourth-order valence-electron chi connectivity index (χ4n) is 1.79. The van der Waals surface area contributed by atoms with Gasteiger partial charge in [0.05, 0.1) is 0 Å². The Morgan fingerprint density at radius 1 is 1.05 bits per heavy atom. The van der Waals surface area contributed by atoms with Crippen molar-refractivity contribution in [3.05, 3.63) is 53.6 Å². The van der Waals surface area contributed by atoms with Crippen LogP contribution in [0.4, 0.5) is 21.9 Å². The van der Waals surface area contributed by atoms with E-state index in [-0.39, 0.29) is 6.03 Å². The lowest BCUT2D eigenvalue weighted by molar-refractivity contribution is 0.262. The fourth-order valence-corrected chi connectivity index (χ4v) is 1.79. The van der Waals surface area contributed by atoms with Crippen molar-refractivity contribution in [3.8, 4) is 0 Å². The summed E-state index contributed by atoms with van der Waals surface area (Å²) in [6.45, 7) is 3.99. The summed E-state index contributed by atoms with van der Waals surface area (Å²) < 4.78 is 0. The smallest absolute Gasteiger partial charge is 0.323 e. The second-order valence-electron chi connectivity index (χ2n) is 4.45. The average molecular weight is 255 g/mol. The van der Waals surface area contributed by atoms with E-state index in [0.717, 1.165) is 16.8 Å². The van der Waals surface area contributed by atoms with Crippen molar-refractivity contribution in [1.82, 2.24) is 0 Å². The van der Waals surface area contributed by atoms with Gasteiger partial charge in [-0.3, -0.25) is 0 Å². The molecule has 2 rings (SSSR count). The molecule has 2 amide bonds. The SMILES string of the molecule is Cc1cccc(NC(=O)Nc2cccc(N)c2)c1C. The summed E-state index contributed by atoms with van der Waals surface area (Å²) in [6, 6.07) is 12.6. The van der Waals surface area contributed by atoms with Gasteiger partial charge in [-0.2, -0.15) is 0 Å². The van der Waals surface area contributed by atoms with E-state index < -0.39 is 0 Å². The largest absolute Gasteiger partial charge is 0.399 e. The third kappa shape index (κ3) is 3.25. The summed E-state index contributed by atoms with van der Waals surface area (Å²) >= 11 is 0. The van der Waals surface area contributed by atoms with Gasteiger partial charge < -0.3 is 16.4 Å². The number of benzene rings is 2. The molecular formula is C15H17N3O. The van der Waals surface area contributed by atoms with E-state index in [1.807, 2.05) is 32.0 Å². The molecule has 0 aliphatic heterocycles. The van der Waals surface area contributed by atoms with Gasteiger partial charge in [-0.1, -0.05) is 18.2 Å². The van der Waals surface area contributed by atoms with E-state index in [9.17, 15) is 4.79 Å². The normalized spacial score (nSPS) is 10.0. The second-order valence-corrected chi connectivity index (χ2v) is 4.45. The van der Waals surface area contributed by atoms with Crippen LogP contribution in [0.2, 0.25) is 0 Å². The van der Waals surface area contributed by atoms with Crippen LogP contribution in [-0.2, 0) is 0 Å². The molecule has 2 aromatic rings. The van der Waals surface area contributed by atoms with Crippen LogP contribution in [0.3, 0.4) is 0 Å². The van der Waals surface area contributed by atoms with Crippen molar-refractivity contribution in [3.63, 3.8) is 0 Å². The van der Waals surface area contributed by atoms with Gasteiger partial charge in [0.25, 0.3) is 0 Å². The second kappa shape index (κ2) is 5.44. The first-order chi connectivity index (χ1) is 9.06. The molecule has 19 heavy (non-hydrogen) atoms. The molecule has 0 saturated carbocycles. The quantitative estimate of drug-likeness (QED) is 0.719. The summed E-state index contributed by atoms with van der Waals surface area (Å²) in [6.07, 6.45) is 0. The molecule has 0 atom stereocenters. The first-order valence-corrected chi connectivity index (χ1v) is 6.06. The lowest BCUT2D eigenvalue weighted by Gasteiger charge is -2.11. The predicted molar refractivity (Wildman–Crippen MR) is 79.4 cm³/mol. The Morgan fingerprint density at radius 3 is 2.53 bits per heavy atom. The number of carbonyl (C=O) groups excluding carboxylic acids is 1. The number of hydrogen-bond acceptors (Lipinski definition) is 2. The molecule has 4 heteroatoms. The Bertz CT molecular complexity index is 608. The maximum Gasteiger partial charge on any atom is 0.323 e. The third-order valence-corrected chi connectivity index (χ3v) is 3.00. The van der Waals surface area contributed by atoms with Crippen molar-refractivity contribution in [1.29, 1.82) is 0 Å². The minimum atomic E-state index is -0.278. The minimum Gasteiger partial charge on any atom is -0.399 e. The van der Waals surface area contributed by atoms with E-state index in [4.69, 9.17) is 5.73 Å². The van der Waals surface area contributed by atoms with Gasteiger partial charge in [0.2, 0.25) is 0 Å². The summed E-state index contributed by atoms with van der Waals surface area (Å²) in [4.78, 5) is 11.9. The Labute approximate surface area is 112 Å². The van der Waals surface area contributed by atoms with Gasteiger partial charge in [-0.25, -0.2) is 4.79 Å². The molecule has 0 unspecified atom stereocenters. The van der Waals surface area contributed by atoms with Crippen LogP contribution in [0, 0.1) is 13.8 Å². The van der Waals surface area contributed by atoms with Gasteiger partial charge in [-0.05, 0) is 49.2 Å². The Morgan fingerprint density at radius 2 is 1.79 bits per heavy atom. The number of urea groups is 1. The van der Waals surface area contributed by atoms with Gasteiger partial charge >= 0.3 is 6.03 Å². The van der Waals surface area contributed by atoms with Gasteiger partial charge in [-0.15, -0.1) is 0 Å². The van der Waals surface area contributed by atoms with Crippen molar-refractivity contribution < 1.29 is 4.79 Å². The van der Waals surface area contributed by atoms with Gasteiger partial charge in [0.1, 0.15) is 0 Å². The molecule has 2 aromatic carbocycles. The number of nitrogens with one attached hydrogen (secondary N) is 2. The number of nitrogens with two attached hydrogens (primary N) is 1. The molecule has 0 aliphatic rings. The van der Waals surface area contributed by atoms with Crippen LogP contribution in [0.15, 0.2) is 42.5 Å². The molecule has 0 spiro atoms. The molecule has 0 aromatic heterocycles. The molecule has 0 radical (unpaired) electrons. The third-order valence-electron chi connectivity index (χ3n) is 3.00. The molecule has 0 bridgehead atoms. The van der Waals surface area contributed by atoms with Gasteiger partial charge in [0.15, 0.2) is 0 Å². The van der Waals surface area contributed by atoms with E-state index in [1.54, 1.807) is 24.3 Å². The van der Waals surface area contributed by atoms with E-state index in [2.05, 4.69) is 10.6 Å². The highest BCUT2D eigenvalue weighted by Gasteiger charge is 2.06. The van der Waals surface area contributed by atoms with Crippen molar-refractivity contribution in [2.45, 2.75) is 13.8 Å². The minimum absolute atomic E-state index is 0.278. The molecule has 4 nitrogen and oxygen atoms in total. The highest BCUT2D eigenvalue weighted by Crippen LogP contribution is 2.18. The highest BCUT2D eigenvalue weighted by atomic mass is 16.2. The molecule has 0 heterocycles. The number of carbonyl (C=O) groups is 1. The number of hydrogen-bond donors (Lipinski definition) is 3. The van der Waals surface area contributed by atoms with Crippen LogP contribution >= 0.6 is 0 Å². The summed E-state index contributed by atoms with van der Waals surface area (Å²) in [5, 5.41) is 5.58. The molecule has 98 valence electrons. The van der Waals surface area contributed by atoms with Gasteiger partial charge in [0, 0.05) is 17.1 Å². The highest BCUT2D eigenvalue weighted by molar-refractivity contribution is 6.00. The van der Waals surface area contributed by atoms with Crippen molar-refractivity contribution >= 4 is 23.1 Å². The van der Waals surface area contributed by atoms with Crippen LogP contribution in [0.1, 0.15) is 11.1 Å². The van der Waals surface area contributed by atoms with E-state index in [1.165, 1.54) is 0 Å². The summed E-state index contributed by atoms with van der Waals surface area (Å²) in [7, 11) is 0. The average Bonchev–Trinajstić information content (AvgIpc) is 2.35. The van der Waals surface area contributed by atoms with Crippen molar-refractivity contribution in [2.75, 3.05) is 16.4 Å². The zero-order chi connectivity index (χ0) is 13.8. The fraction of sp³-hybridized carbons (Fsp3) is 0.133. The van der Waals surface area contributed by atoms with Crippen molar-refractivity contribution in [2.24, 2.45) is 0 Å². The molecule has 4 N–H and O–H groups in total. The maximum absolute atomic E-state index is 11.9. The van der Waals surface area contributed by atoms with Crippen LogP contribution in [0.25, 0.3) is 0 Å². The molecule has 0 aliphatic carbocycles. The predicted octanol–water partition coefficient (Wildman–Crippen LogP) is 3.53. The summed E-state index contributed by atoms with van der Waals surface area (Å²) in [5.74, 6) is 0. The number of aryl methyl sites for hydroxylation is 1. The molecule has 0 saturated heterocycles. The number of nitrogen functional groups attached to an aromatic ring is 1. The maximum atomic E-state index is 11.9. The standard InChI is InChI=1S/C15H17N3O/c1-10-5-3-8-14(11(10)2)18-15(19)17-13-7-4-6-12(16)9-13/h3-9H,16H2,1-2H3,(H2,17,18,19). The van der Waals surface area contributed by atoms with Crippen LogP contribution in [-0.4, -0.2) is 6.03 Å². The molecule has 0 fully saturated rings. The number of anilines is 3. The van der Waals surface area contributed by atoms with Crippen LogP contribution in [0.5, 0.6) is 0 Å². The summed E-state index contributed by atoms with van der Waals surface area (Å²) in [5.41, 5.74) is 9.95. The lowest BCUT2D eigenvalue weighted by Crippen LogP contribution is -2.20. The zero-order valence-electron chi connectivity index (χ0n) is 11.0. The Hall–Kier alpha value is -2.49. The molecular weight excluding hydrogens is 238 g/mol. The van der Waals surface area contributed by atoms with Crippen LogP contribution < -0.4 is 16.4 Å². The first kappa shape index (κ1) is 13.0. The lowest BCUT2D eigenvalue weighted by atomic mass is 10.1. The Balaban J connectivity index is 2.08. The number of amides is 2. The number of rotatable bonds is 2. The van der Waals surface area contributed by atoms with E-state index >= 15 is 0 Å². The zero-order valence-corrected chi connectivity index (χ0v) is 11.0. The first-order valence-electron chi connectivity index (χ1n) is 6.06.